The zero-order valence-corrected chi connectivity index (χ0v) is 13.4. The topological polar surface area (TPSA) is 75.6 Å². The number of ether oxygens (including phenoxy) is 1. The fourth-order valence-electron chi connectivity index (χ4n) is 2.51. The molecule has 1 aromatic carbocycles. The molecule has 5 nitrogen and oxygen atoms in total. The molecule has 2 N–H and O–H groups in total. The standard InChI is InChI=1S/C15H17Cl2NO4/c16-11-3-1-10(12(17)7-11)2-4-13(19)18-15(8-14(20)21)5-6-22-9-15/h1,3,7H,2,4-6,8-9H2,(H,18,19)(H,20,21). The van der Waals surface area contributed by atoms with Crippen molar-refractivity contribution in [3.8, 4) is 0 Å². The maximum atomic E-state index is 12.1. The molecule has 7 heteroatoms. The van der Waals surface area contributed by atoms with E-state index < -0.39 is 11.5 Å². The SMILES string of the molecule is O=C(O)CC1(NC(=O)CCc2ccc(Cl)cc2Cl)CCOC1. The summed E-state index contributed by atoms with van der Waals surface area (Å²) in [6.07, 6.45) is 1.06. The van der Waals surface area contributed by atoms with Gasteiger partial charge in [-0.1, -0.05) is 29.3 Å². The molecular formula is C15H17Cl2NO4. The third kappa shape index (κ3) is 4.60. The maximum absolute atomic E-state index is 12.1. The number of aliphatic carboxylic acids is 1. The van der Waals surface area contributed by atoms with Crippen LogP contribution in [-0.2, 0) is 20.7 Å². The number of carbonyl (C=O) groups excluding carboxylic acids is 1. The largest absolute Gasteiger partial charge is 0.481 e. The van der Waals surface area contributed by atoms with Gasteiger partial charge in [0.25, 0.3) is 0 Å². The van der Waals surface area contributed by atoms with Gasteiger partial charge in [0.2, 0.25) is 5.91 Å². The van der Waals surface area contributed by atoms with Crippen molar-refractivity contribution in [2.45, 2.75) is 31.2 Å². The summed E-state index contributed by atoms with van der Waals surface area (Å²) in [4.78, 5) is 23.1. The van der Waals surface area contributed by atoms with Gasteiger partial charge in [-0.25, -0.2) is 0 Å². The summed E-state index contributed by atoms with van der Waals surface area (Å²) < 4.78 is 5.24. The Kier molecular flexibility index (Phi) is 5.67. The van der Waals surface area contributed by atoms with Crippen molar-refractivity contribution < 1.29 is 19.4 Å². The molecule has 1 amide bonds. The van der Waals surface area contributed by atoms with Crippen LogP contribution in [0.15, 0.2) is 18.2 Å². The number of hydrogen-bond donors (Lipinski definition) is 2. The number of amides is 1. The third-order valence-corrected chi connectivity index (χ3v) is 4.22. The molecule has 1 heterocycles. The molecule has 120 valence electrons. The fraction of sp³-hybridized carbons (Fsp3) is 0.467. The van der Waals surface area contributed by atoms with Crippen molar-refractivity contribution in [1.29, 1.82) is 0 Å². The Labute approximate surface area is 138 Å². The first-order valence-electron chi connectivity index (χ1n) is 6.95. The lowest BCUT2D eigenvalue weighted by molar-refractivity contribution is -0.139. The molecule has 0 bridgehead atoms. The van der Waals surface area contributed by atoms with Crippen molar-refractivity contribution in [3.05, 3.63) is 33.8 Å². The van der Waals surface area contributed by atoms with Gasteiger partial charge in [-0.15, -0.1) is 0 Å². The minimum Gasteiger partial charge on any atom is -0.481 e. The van der Waals surface area contributed by atoms with E-state index in [1.807, 2.05) is 0 Å². The van der Waals surface area contributed by atoms with Crippen LogP contribution in [0.1, 0.15) is 24.8 Å². The molecule has 0 aromatic heterocycles. The van der Waals surface area contributed by atoms with Gasteiger partial charge in [-0.05, 0) is 30.5 Å². The van der Waals surface area contributed by atoms with Crippen LogP contribution in [0, 0.1) is 0 Å². The van der Waals surface area contributed by atoms with Gasteiger partial charge >= 0.3 is 5.97 Å². The van der Waals surface area contributed by atoms with Crippen molar-refractivity contribution in [1.82, 2.24) is 5.32 Å². The van der Waals surface area contributed by atoms with E-state index in [0.717, 1.165) is 5.56 Å². The average Bonchev–Trinajstić information content (AvgIpc) is 2.84. The number of hydrogen-bond acceptors (Lipinski definition) is 3. The number of carboxylic acids is 1. The summed E-state index contributed by atoms with van der Waals surface area (Å²) in [5, 5.41) is 12.9. The van der Waals surface area contributed by atoms with Crippen LogP contribution in [0.5, 0.6) is 0 Å². The highest BCUT2D eigenvalue weighted by molar-refractivity contribution is 6.35. The molecule has 0 spiro atoms. The Morgan fingerprint density at radius 2 is 2.14 bits per heavy atom. The van der Waals surface area contributed by atoms with Crippen molar-refractivity contribution in [2.24, 2.45) is 0 Å². The highest BCUT2D eigenvalue weighted by atomic mass is 35.5. The van der Waals surface area contributed by atoms with Crippen molar-refractivity contribution in [2.75, 3.05) is 13.2 Å². The predicted octanol–water partition coefficient (Wildman–Crippen LogP) is 2.68. The van der Waals surface area contributed by atoms with Crippen molar-refractivity contribution in [3.63, 3.8) is 0 Å². The van der Waals surface area contributed by atoms with E-state index in [0.29, 0.717) is 29.5 Å². The van der Waals surface area contributed by atoms with Gasteiger partial charge in [0.15, 0.2) is 0 Å². The second kappa shape index (κ2) is 7.31. The van der Waals surface area contributed by atoms with E-state index in [1.54, 1.807) is 18.2 Å². The third-order valence-electron chi connectivity index (χ3n) is 3.63. The van der Waals surface area contributed by atoms with E-state index in [4.69, 9.17) is 33.0 Å². The van der Waals surface area contributed by atoms with Gasteiger partial charge in [0.05, 0.1) is 18.6 Å². The number of halogens is 2. The number of aryl methyl sites for hydroxylation is 1. The van der Waals surface area contributed by atoms with Gasteiger partial charge in [-0.2, -0.15) is 0 Å². The highest BCUT2D eigenvalue weighted by Gasteiger charge is 2.38. The lowest BCUT2D eigenvalue weighted by atomic mass is 9.94. The molecule has 22 heavy (non-hydrogen) atoms. The minimum atomic E-state index is -0.952. The molecule has 0 aliphatic carbocycles. The van der Waals surface area contributed by atoms with Crippen LogP contribution in [0.4, 0.5) is 0 Å². The summed E-state index contributed by atoms with van der Waals surface area (Å²) >= 11 is 11.9. The van der Waals surface area contributed by atoms with Gasteiger partial charge < -0.3 is 15.2 Å². The molecule has 0 saturated carbocycles. The number of carbonyl (C=O) groups is 2. The van der Waals surface area contributed by atoms with E-state index in [1.165, 1.54) is 0 Å². The normalized spacial score (nSPS) is 20.8. The molecule has 1 saturated heterocycles. The van der Waals surface area contributed by atoms with E-state index >= 15 is 0 Å². The Hall–Kier alpha value is -1.30. The second-order valence-corrected chi connectivity index (χ2v) is 6.28. The summed E-state index contributed by atoms with van der Waals surface area (Å²) in [6.45, 7) is 0.684. The number of carboxylic acid groups (broad SMARTS) is 1. The van der Waals surface area contributed by atoms with Crippen LogP contribution < -0.4 is 5.32 Å². The summed E-state index contributed by atoms with van der Waals surface area (Å²) in [5.74, 6) is -1.16. The smallest absolute Gasteiger partial charge is 0.305 e. The number of benzene rings is 1. The molecule has 1 fully saturated rings. The zero-order valence-electron chi connectivity index (χ0n) is 11.9. The average molecular weight is 346 g/mol. The summed E-state index contributed by atoms with van der Waals surface area (Å²) in [5.41, 5.74) is 0.0309. The Morgan fingerprint density at radius 3 is 2.73 bits per heavy atom. The number of nitrogens with one attached hydrogen (secondary N) is 1. The quantitative estimate of drug-likeness (QED) is 0.830. The first-order chi connectivity index (χ1) is 10.4. The molecule has 2 rings (SSSR count). The Balaban J connectivity index is 1.92. The maximum Gasteiger partial charge on any atom is 0.305 e. The first kappa shape index (κ1) is 17.1. The van der Waals surface area contributed by atoms with E-state index in [2.05, 4.69) is 5.32 Å². The van der Waals surface area contributed by atoms with Crippen LogP contribution >= 0.6 is 23.2 Å². The molecule has 1 unspecified atom stereocenters. The predicted molar refractivity (Wildman–Crippen MR) is 83.3 cm³/mol. The van der Waals surface area contributed by atoms with Crippen LogP contribution in [0.2, 0.25) is 10.0 Å². The second-order valence-electron chi connectivity index (χ2n) is 5.44. The highest BCUT2D eigenvalue weighted by Crippen LogP contribution is 2.24. The van der Waals surface area contributed by atoms with Gasteiger partial charge in [0.1, 0.15) is 0 Å². The molecule has 1 atom stereocenters. The molecule has 1 aliphatic rings. The molecule has 1 aliphatic heterocycles. The van der Waals surface area contributed by atoms with Crippen LogP contribution in [0.25, 0.3) is 0 Å². The van der Waals surface area contributed by atoms with Crippen molar-refractivity contribution >= 4 is 35.1 Å². The monoisotopic (exact) mass is 345 g/mol. The van der Waals surface area contributed by atoms with Crippen LogP contribution in [-0.4, -0.2) is 35.7 Å². The Morgan fingerprint density at radius 1 is 1.36 bits per heavy atom. The Bertz CT molecular complexity index is 571. The van der Waals surface area contributed by atoms with Crippen LogP contribution in [0.3, 0.4) is 0 Å². The van der Waals surface area contributed by atoms with Gasteiger partial charge in [0, 0.05) is 23.1 Å². The minimum absolute atomic E-state index is 0.138. The summed E-state index contributed by atoms with van der Waals surface area (Å²) in [7, 11) is 0. The summed E-state index contributed by atoms with van der Waals surface area (Å²) in [6, 6.07) is 5.13. The zero-order chi connectivity index (χ0) is 16.2. The fourth-order valence-corrected chi connectivity index (χ4v) is 3.01. The number of rotatable bonds is 6. The lowest BCUT2D eigenvalue weighted by Crippen LogP contribution is -2.50. The van der Waals surface area contributed by atoms with Gasteiger partial charge in [-0.3, -0.25) is 9.59 Å². The molecule has 0 radical (unpaired) electrons. The lowest BCUT2D eigenvalue weighted by Gasteiger charge is -2.27. The molecule has 1 aromatic rings. The van der Waals surface area contributed by atoms with E-state index in [-0.39, 0.29) is 25.4 Å². The van der Waals surface area contributed by atoms with E-state index in [9.17, 15) is 9.59 Å². The molecular weight excluding hydrogens is 329 g/mol. The first-order valence-corrected chi connectivity index (χ1v) is 7.70.